The summed E-state index contributed by atoms with van der Waals surface area (Å²) in [7, 11) is 0. The van der Waals surface area contributed by atoms with Crippen molar-refractivity contribution in [3.63, 3.8) is 0 Å². The average molecular weight is 321 g/mol. The van der Waals surface area contributed by atoms with Gasteiger partial charge in [-0.25, -0.2) is 14.0 Å². The molecule has 0 radical (unpaired) electrons. The molecule has 122 valence electrons. The lowest BCUT2D eigenvalue weighted by Crippen LogP contribution is -2.36. The summed E-state index contributed by atoms with van der Waals surface area (Å²) in [5.41, 5.74) is -1.97. The van der Waals surface area contributed by atoms with Crippen LogP contribution in [0.2, 0.25) is 0 Å². The molecule has 6 nitrogen and oxygen atoms in total. The third-order valence-corrected chi connectivity index (χ3v) is 4.01. The first-order valence-corrected chi connectivity index (χ1v) is 6.89. The normalized spacial score (nSPS) is 18.3. The van der Waals surface area contributed by atoms with Crippen LogP contribution in [0.5, 0.6) is 0 Å². The molecular formula is C16H16FNO5. The van der Waals surface area contributed by atoms with Gasteiger partial charge in [0.2, 0.25) is 5.91 Å². The molecule has 1 atom stereocenters. The Morgan fingerprint density at radius 2 is 1.65 bits per heavy atom. The summed E-state index contributed by atoms with van der Waals surface area (Å²) in [6.45, 7) is 4.31. The number of halogens is 1. The Bertz CT molecular complexity index is 720. The summed E-state index contributed by atoms with van der Waals surface area (Å²) in [6, 6.07) is 4.50. The van der Waals surface area contributed by atoms with Gasteiger partial charge in [0.25, 0.3) is 0 Å². The van der Waals surface area contributed by atoms with Crippen molar-refractivity contribution in [1.29, 1.82) is 0 Å². The Kier molecular flexibility index (Phi) is 3.98. The van der Waals surface area contributed by atoms with E-state index in [0.29, 0.717) is 5.56 Å². The lowest BCUT2D eigenvalue weighted by Gasteiger charge is -2.28. The maximum absolute atomic E-state index is 13.0. The van der Waals surface area contributed by atoms with Gasteiger partial charge in [0.15, 0.2) is 0 Å². The number of hydrogen-bond acceptors (Lipinski definition) is 3. The van der Waals surface area contributed by atoms with Gasteiger partial charge >= 0.3 is 11.9 Å². The van der Waals surface area contributed by atoms with E-state index in [1.54, 1.807) is 6.92 Å². The predicted molar refractivity (Wildman–Crippen MR) is 77.7 cm³/mol. The molecule has 7 heteroatoms. The smallest absolute Gasteiger partial charge is 0.353 e. The van der Waals surface area contributed by atoms with Crippen molar-refractivity contribution in [3.05, 3.63) is 46.9 Å². The number of benzene rings is 1. The number of aliphatic carboxylic acids is 2. The van der Waals surface area contributed by atoms with Gasteiger partial charge < -0.3 is 10.2 Å². The Balaban J connectivity index is 2.60. The summed E-state index contributed by atoms with van der Waals surface area (Å²) >= 11 is 0. The highest BCUT2D eigenvalue weighted by atomic mass is 19.1. The maximum Gasteiger partial charge on any atom is 0.353 e. The van der Waals surface area contributed by atoms with Crippen LogP contribution in [0.25, 0.3) is 0 Å². The van der Waals surface area contributed by atoms with Crippen LogP contribution >= 0.6 is 0 Å². The van der Waals surface area contributed by atoms with E-state index in [1.807, 2.05) is 0 Å². The van der Waals surface area contributed by atoms with Crippen LogP contribution < -0.4 is 0 Å². The fourth-order valence-corrected chi connectivity index (χ4v) is 2.76. The molecule has 2 N–H and O–H groups in total. The van der Waals surface area contributed by atoms with Crippen LogP contribution in [0.1, 0.15) is 32.4 Å². The molecule has 2 rings (SSSR count). The molecule has 0 aromatic heterocycles. The average Bonchev–Trinajstić information content (AvgIpc) is 2.66. The fraction of sp³-hybridized carbons (Fsp3) is 0.312. The molecule has 1 unspecified atom stereocenters. The molecule has 1 heterocycles. The van der Waals surface area contributed by atoms with E-state index in [9.17, 15) is 29.0 Å². The lowest BCUT2D eigenvalue weighted by molar-refractivity contribution is -0.142. The molecule has 0 bridgehead atoms. The van der Waals surface area contributed by atoms with E-state index in [2.05, 4.69) is 0 Å². The van der Waals surface area contributed by atoms with E-state index in [0.717, 1.165) is 4.90 Å². The summed E-state index contributed by atoms with van der Waals surface area (Å²) in [4.78, 5) is 36.6. The van der Waals surface area contributed by atoms with E-state index < -0.39 is 46.4 Å². The number of carbonyl (C=O) groups is 3. The van der Waals surface area contributed by atoms with Gasteiger partial charge in [-0.2, -0.15) is 0 Å². The van der Waals surface area contributed by atoms with Gasteiger partial charge in [0.05, 0.1) is 17.0 Å². The zero-order chi connectivity index (χ0) is 17.5. The SMILES string of the molecule is CC(c1ccc(F)cc1)N1C(=O)C(C)(C)C(C(=O)O)=C1C(=O)O. The van der Waals surface area contributed by atoms with Crippen molar-refractivity contribution in [3.8, 4) is 0 Å². The minimum absolute atomic E-state index is 0.455. The minimum atomic E-state index is -1.49. The highest BCUT2D eigenvalue weighted by molar-refractivity contribution is 6.11. The van der Waals surface area contributed by atoms with E-state index >= 15 is 0 Å². The van der Waals surface area contributed by atoms with Crippen molar-refractivity contribution in [1.82, 2.24) is 4.90 Å². The summed E-state index contributed by atoms with van der Waals surface area (Å²) in [5, 5.41) is 18.8. The summed E-state index contributed by atoms with van der Waals surface area (Å²) < 4.78 is 13.0. The topological polar surface area (TPSA) is 94.9 Å². The number of nitrogens with zero attached hydrogens (tertiary/aromatic N) is 1. The number of rotatable bonds is 4. The lowest BCUT2D eigenvalue weighted by atomic mass is 9.85. The summed E-state index contributed by atoms with van der Waals surface area (Å²) in [6.07, 6.45) is 0. The molecule has 0 saturated heterocycles. The van der Waals surface area contributed by atoms with Gasteiger partial charge in [-0.05, 0) is 38.5 Å². The van der Waals surface area contributed by atoms with E-state index in [4.69, 9.17) is 0 Å². The molecule has 1 aromatic carbocycles. The maximum atomic E-state index is 13.0. The van der Waals surface area contributed by atoms with Crippen molar-refractivity contribution < 1.29 is 29.0 Å². The van der Waals surface area contributed by atoms with Gasteiger partial charge in [-0.15, -0.1) is 0 Å². The molecule has 1 aliphatic rings. The van der Waals surface area contributed by atoms with Gasteiger partial charge in [0, 0.05) is 0 Å². The molecule has 1 aliphatic heterocycles. The Labute approximate surface area is 131 Å². The number of hydrogen-bond donors (Lipinski definition) is 2. The van der Waals surface area contributed by atoms with E-state index in [1.165, 1.54) is 38.1 Å². The third kappa shape index (κ3) is 2.58. The number of carbonyl (C=O) groups excluding carboxylic acids is 1. The Morgan fingerprint density at radius 3 is 2.09 bits per heavy atom. The van der Waals surface area contributed by atoms with Gasteiger partial charge in [0.1, 0.15) is 11.5 Å². The molecule has 23 heavy (non-hydrogen) atoms. The van der Waals surface area contributed by atoms with Crippen LogP contribution in [-0.2, 0) is 14.4 Å². The summed E-state index contributed by atoms with van der Waals surface area (Å²) in [5.74, 6) is -4.02. The number of amides is 1. The highest BCUT2D eigenvalue weighted by Crippen LogP contribution is 2.44. The van der Waals surface area contributed by atoms with Crippen LogP contribution in [0.4, 0.5) is 4.39 Å². The molecule has 1 aromatic rings. The molecule has 0 fully saturated rings. The van der Waals surface area contributed by atoms with Gasteiger partial charge in [-0.3, -0.25) is 9.69 Å². The fourth-order valence-electron chi connectivity index (χ4n) is 2.76. The van der Waals surface area contributed by atoms with Crippen molar-refractivity contribution in [2.24, 2.45) is 5.41 Å². The molecule has 0 saturated carbocycles. The zero-order valence-corrected chi connectivity index (χ0v) is 12.8. The van der Waals surface area contributed by atoms with Crippen LogP contribution in [0.3, 0.4) is 0 Å². The zero-order valence-electron chi connectivity index (χ0n) is 12.8. The predicted octanol–water partition coefficient (Wildman–Crippen LogP) is 2.18. The second kappa shape index (κ2) is 5.49. The number of carboxylic acid groups (broad SMARTS) is 2. The first-order chi connectivity index (χ1) is 10.6. The largest absolute Gasteiger partial charge is 0.478 e. The Morgan fingerprint density at radius 1 is 1.13 bits per heavy atom. The standard InChI is InChI=1S/C16H16FNO5/c1-8(9-4-6-10(17)7-5-9)18-12(14(21)22)11(13(19)20)16(2,3)15(18)23/h4-8H,1-3H3,(H,19,20)(H,21,22). The van der Waals surface area contributed by atoms with Crippen LogP contribution in [0, 0.1) is 11.2 Å². The van der Waals surface area contributed by atoms with Gasteiger partial charge in [-0.1, -0.05) is 12.1 Å². The van der Waals surface area contributed by atoms with E-state index in [-0.39, 0.29) is 0 Å². The minimum Gasteiger partial charge on any atom is -0.478 e. The molecule has 0 spiro atoms. The quantitative estimate of drug-likeness (QED) is 0.886. The first-order valence-electron chi connectivity index (χ1n) is 6.89. The van der Waals surface area contributed by atoms with Crippen molar-refractivity contribution in [2.75, 3.05) is 0 Å². The van der Waals surface area contributed by atoms with Crippen molar-refractivity contribution in [2.45, 2.75) is 26.8 Å². The monoisotopic (exact) mass is 321 g/mol. The third-order valence-electron chi connectivity index (χ3n) is 4.01. The molecular weight excluding hydrogens is 305 g/mol. The highest BCUT2D eigenvalue weighted by Gasteiger charge is 2.52. The van der Waals surface area contributed by atoms with Crippen molar-refractivity contribution >= 4 is 17.8 Å². The Hall–Kier alpha value is -2.70. The van der Waals surface area contributed by atoms with Crippen LogP contribution in [0.15, 0.2) is 35.5 Å². The number of carboxylic acids is 2. The molecule has 0 aliphatic carbocycles. The first kappa shape index (κ1) is 16.7. The molecule has 1 amide bonds. The van der Waals surface area contributed by atoms with Crippen LogP contribution in [-0.4, -0.2) is 33.0 Å². The second-order valence-electron chi connectivity index (χ2n) is 5.86. The second-order valence-corrected chi connectivity index (χ2v) is 5.86.